The van der Waals surface area contributed by atoms with Gasteiger partial charge in [-0.1, -0.05) is 59.8 Å². The van der Waals surface area contributed by atoms with E-state index in [1.54, 1.807) is 4.52 Å². The molecule has 0 radical (unpaired) electrons. The molecule has 0 bridgehead atoms. The molecular weight excluding hydrogens is 420 g/mol. The summed E-state index contributed by atoms with van der Waals surface area (Å²) < 4.78 is 3.70. The van der Waals surface area contributed by atoms with Gasteiger partial charge in [-0.3, -0.25) is 9.20 Å². The first-order valence-corrected chi connectivity index (χ1v) is 11.3. The fraction of sp³-hybridized carbons (Fsp3) is 0.167. The fourth-order valence-electron chi connectivity index (χ4n) is 3.92. The van der Waals surface area contributed by atoms with E-state index in [9.17, 15) is 4.79 Å². The topological polar surface area (TPSA) is 76.6 Å². The van der Waals surface area contributed by atoms with Crippen LogP contribution in [0.4, 0.5) is 5.69 Å². The molecule has 7 nitrogen and oxygen atoms in total. The number of nitrogens with zero attached hydrogens (tertiary/aromatic N) is 5. The van der Waals surface area contributed by atoms with E-state index in [1.807, 2.05) is 67.0 Å². The third kappa shape index (κ3) is 3.73. The smallest absolute Gasteiger partial charge is 0.234 e. The van der Waals surface area contributed by atoms with Gasteiger partial charge in [0, 0.05) is 23.6 Å². The van der Waals surface area contributed by atoms with Gasteiger partial charge in [-0.15, -0.1) is 10.2 Å². The van der Waals surface area contributed by atoms with Crippen LogP contribution in [0.2, 0.25) is 0 Å². The molecule has 0 fully saturated rings. The number of aromatic nitrogens is 5. The molecule has 1 N–H and O–H groups in total. The minimum absolute atomic E-state index is 0.0707. The third-order valence-electron chi connectivity index (χ3n) is 5.33. The highest BCUT2D eigenvalue weighted by Gasteiger charge is 2.15. The molecule has 160 valence electrons. The van der Waals surface area contributed by atoms with Crippen molar-refractivity contribution >= 4 is 34.5 Å². The highest BCUT2D eigenvalue weighted by Crippen LogP contribution is 2.25. The molecule has 0 saturated carbocycles. The minimum atomic E-state index is -0.0707. The predicted octanol–water partition coefficient (Wildman–Crippen LogP) is 4.70. The Kier molecular flexibility index (Phi) is 5.14. The van der Waals surface area contributed by atoms with Crippen LogP contribution in [0.3, 0.4) is 0 Å². The van der Waals surface area contributed by atoms with Crippen LogP contribution in [-0.2, 0) is 4.79 Å². The lowest BCUT2D eigenvalue weighted by Gasteiger charge is -2.12. The Morgan fingerprint density at radius 2 is 1.75 bits per heavy atom. The largest absolute Gasteiger partial charge is 0.325 e. The van der Waals surface area contributed by atoms with E-state index in [-0.39, 0.29) is 11.7 Å². The highest BCUT2D eigenvalue weighted by molar-refractivity contribution is 7.99. The number of aryl methyl sites for hydroxylation is 3. The van der Waals surface area contributed by atoms with Crippen LogP contribution >= 0.6 is 11.8 Å². The molecule has 0 saturated heterocycles. The number of amides is 1. The number of benzene rings is 2. The number of nitrogens with one attached hydrogen (secondary N) is 1. The Bertz CT molecular complexity index is 1430. The third-order valence-corrected chi connectivity index (χ3v) is 6.27. The molecular formula is C24H22N6OS. The van der Waals surface area contributed by atoms with Gasteiger partial charge >= 0.3 is 0 Å². The summed E-state index contributed by atoms with van der Waals surface area (Å²) in [5.74, 6) is 0.173. The van der Waals surface area contributed by atoms with Gasteiger partial charge in [-0.2, -0.15) is 5.10 Å². The van der Waals surface area contributed by atoms with E-state index in [2.05, 4.69) is 39.7 Å². The van der Waals surface area contributed by atoms with Crippen LogP contribution in [0.25, 0.3) is 22.4 Å². The van der Waals surface area contributed by atoms with Gasteiger partial charge in [-0.25, -0.2) is 4.52 Å². The summed E-state index contributed by atoms with van der Waals surface area (Å²) >= 11 is 1.36. The summed E-state index contributed by atoms with van der Waals surface area (Å²) in [6.45, 7) is 6.07. The lowest BCUT2D eigenvalue weighted by molar-refractivity contribution is -0.113. The SMILES string of the molecule is Cc1cc(C)c(NC(=O)CSc2nnc3c4cc(-c5ccccc5)nn4ccn23)c(C)c1. The first-order valence-electron chi connectivity index (χ1n) is 10.3. The van der Waals surface area contributed by atoms with Crippen molar-refractivity contribution in [2.75, 3.05) is 11.1 Å². The Morgan fingerprint density at radius 3 is 2.50 bits per heavy atom. The second-order valence-electron chi connectivity index (χ2n) is 7.81. The van der Waals surface area contributed by atoms with Crippen molar-refractivity contribution in [2.24, 2.45) is 0 Å². The fourth-order valence-corrected chi connectivity index (χ4v) is 4.64. The maximum atomic E-state index is 12.6. The van der Waals surface area contributed by atoms with Gasteiger partial charge in [0.2, 0.25) is 5.91 Å². The lowest BCUT2D eigenvalue weighted by atomic mass is 10.1. The van der Waals surface area contributed by atoms with Gasteiger partial charge in [0.1, 0.15) is 5.52 Å². The zero-order valence-electron chi connectivity index (χ0n) is 18.0. The van der Waals surface area contributed by atoms with Crippen LogP contribution in [0, 0.1) is 20.8 Å². The molecule has 3 heterocycles. The van der Waals surface area contributed by atoms with Crippen molar-refractivity contribution < 1.29 is 4.79 Å². The summed E-state index contributed by atoms with van der Waals surface area (Å²) in [6, 6.07) is 16.2. The number of hydrogen-bond acceptors (Lipinski definition) is 5. The van der Waals surface area contributed by atoms with Crippen molar-refractivity contribution in [3.05, 3.63) is 77.6 Å². The summed E-state index contributed by atoms with van der Waals surface area (Å²) in [4.78, 5) is 12.6. The van der Waals surface area contributed by atoms with Crippen molar-refractivity contribution in [1.29, 1.82) is 0 Å². The molecule has 1 amide bonds. The summed E-state index contributed by atoms with van der Waals surface area (Å²) in [5, 5.41) is 17.0. The van der Waals surface area contributed by atoms with E-state index in [1.165, 1.54) is 17.3 Å². The van der Waals surface area contributed by atoms with Crippen LogP contribution in [-0.4, -0.2) is 35.9 Å². The minimum Gasteiger partial charge on any atom is -0.325 e. The Hall–Kier alpha value is -3.65. The monoisotopic (exact) mass is 442 g/mol. The number of hydrogen-bond donors (Lipinski definition) is 1. The number of anilines is 1. The summed E-state index contributed by atoms with van der Waals surface area (Å²) in [7, 11) is 0. The number of carbonyl (C=O) groups is 1. The van der Waals surface area contributed by atoms with Crippen molar-refractivity contribution in [3.8, 4) is 11.3 Å². The normalized spacial score (nSPS) is 11.3. The van der Waals surface area contributed by atoms with Crippen molar-refractivity contribution in [2.45, 2.75) is 25.9 Å². The predicted molar refractivity (Wildman–Crippen MR) is 127 cm³/mol. The molecule has 32 heavy (non-hydrogen) atoms. The van der Waals surface area contributed by atoms with Gasteiger partial charge in [0.05, 0.1) is 11.4 Å². The van der Waals surface area contributed by atoms with E-state index in [0.717, 1.165) is 33.6 Å². The van der Waals surface area contributed by atoms with Crippen LogP contribution < -0.4 is 5.32 Å². The number of rotatable bonds is 5. The summed E-state index contributed by atoms with van der Waals surface area (Å²) in [6.07, 6.45) is 3.75. The van der Waals surface area contributed by atoms with E-state index >= 15 is 0 Å². The lowest BCUT2D eigenvalue weighted by Crippen LogP contribution is -2.16. The zero-order valence-corrected chi connectivity index (χ0v) is 18.8. The second kappa shape index (κ2) is 8.12. The standard InChI is InChI=1S/C24H22N6OS/c1-15-11-16(2)22(17(3)12-15)25-21(31)14-32-24-27-26-23-20-13-19(18-7-5-4-6-8-18)28-30(20)10-9-29(23)24/h4-13H,14H2,1-3H3,(H,25,31). The molecule has 5 aromatic rings. The van der Waals surface area contributed by atoms with Crippen LogP contribution in [0.1, 0.15) is 16.7 Å². The van der Waals surface area contributed by atoms with Gasteiger partial charge in [-0.05, 0) is 38.0 Å². The molecule has 8 heteroatoms. The molecule has 0 spiro atoms. The van der Waals surface area contributed by atoms with Crippen LogP contribution in [0.15, 0.2) is 66.1 Å². The number of thioether (sulfide) groups is 1. The molecule has 0 aliphatic carbocycles. The quantitative estimate of drug-likeness (QED) is 0.399. The average molecular weight is 443 g/mol. The highest BCUT2D eigenvalue weighted by atomic mass is 32.2. The van der Waals surface area contributed by atoms with E-state index in [4.69, 9.17) is 0 Å². The molecule has 0 atom stereocenters. The molecule has 5 rings (SSSR count). The summed E-state index contributed by atoms with van der Waals surface area (Å²) in [5.41, 5.74) is 7.67. The van der Waals surface area contributed by atoms with Gasteiger partial charge < -0.3 is 5.32 Å². The number of carbonyl (C=O) groups excluding carboxylic acids is 1. The number of fused-ring (bicyclic) bond motifs is 3. The molecule has 2 aromatic carbocycles. The Balaban J connectivity index is 1.37. The first-order chi connectivity index (χ1) is 15.5. The maximum absolute atomic E-state index is 12.6. The maximum Gasteiger partial charge on any atom is 0.234 e. The Morgan fingerprint density at radius 1 is 1.00 bits per heavy atom. The average Bonchev–Trinajstić information content (AvgIpc) is 3.39. The first kappa shape index (κ1) is 20.3. The molecule has 3 aromatic heterocycles. The Labute approximate surface area is 189 Å². The van der Waals surface area contributed by atoms with Crippen LogP contribution in [0.5, 0.6) is 0 Å². The van der Waals surface area contributed by atoms with Crippen molar-refractivity contribution in [3.63, 3.8) is 0 Å². The van der Waals surface area contributed by atoms with E-state index < -0.39 is 0 Å². The van der Waals surface area contributed by atoms with Gasteiger partial charge in [0.25, 0.3) is 0 Å². The van der Waals surface area contributed by atoms with Gasteiger partial charge in [0.15, 0.2) is 10.8 Å². The second-order valence-corrected chi connectivity index (χ2v) is 8.75. The molecule has 0 aliphatic rings. The van der Waals surface area contributed by atoms with Crippen molar-refractivity contribution in [1.82, 2.24) is 24.2 Å². The van der Waals surface area contributed by atoms with E-state index in [0.29, 0.717) is 10.8 Å². The molecule has 0 unspecified atom stereocenters. The molecule has 0 aliphatic heterocycles. The zero-order chi connectivity index (χ0) is 22.2.